The summed E-state index contributed by atoms with van der Waals surface area (Å²) in [6, 6.07) is 4.17. The van der Waals surface area contributed by atoms with E-state index in [9.17, 15) is 0 Å². The molecule has 1 aliphatic heterocycles. The average molecular weight is 299 g/mol. The Labute approximate surface area is 132 Å². The molecule has 1 atom stereocenters. The minimum Gasteiger partial charge on any atom is -0.316 e. The van der Waals surface area contributed by atoms with E-state index in [2.05, 4.69) is 39.5 Å². The van der Waals surface area contributed by atoms with E-state index in [-0.39, 0.29) is 0 Å². The van der Waals surface area contributed by atoms with Crippen molar-refractivity contribution in [2.75, 3.05) is 19.6 Å². The minimum atomic E-state index is 0.748. The molecule has 0 unspecified atom stereocenters. The van der Waals surface area contributed by atoms with E-state index >= 15 is 0 Å². The minimum absolute atomic E-state index is 0.748. The summed E-state index contributed by atoms with van der Waals surface area (Å²) in [5, 5.41) is 7.86. The predicted molar refractivity (Wildman–Crippen MR) is 87.2 cm³/mol. The standard InChI is InChI=1S/C17H25N5/c1-2-22-14-17(10-20-22)13-21(12-16-5-7-19-9-16)11-15-4-3-6-18-8-15/h3-4,6,8,10,14,16,19H,2,5,7,9,11-13H2,1H3/t16-/m1/s1. The highest BCUT2D eigenvalue weighted by Crippen LogP contribution is 2.15. The maximum atomic E-state index is 4.39. The van der Waals surface area contributed by atoms with E-state index in [0.717, 1.165) is 45.2 Å². The SMILES string of the molecule is CCn1cc(CN(Cc2cccnc2)C[C@@H]2CCNC2)cn1. The molecule has 5 nitrogen and oxygen atoms in total. The molecule has 22 heavy (non-hydrogen) atoms. The summed E-state index contributed by atoms with van der Waals surface area (Å²) in [6.45, 7) is 8.35. The fourth-order valence-electron chi connectivity index (χ4n) is 3.09. The highest BCUT2D eigenvalue weighted by Gasteiger charge is 2.19. The monoisotopic (exact) mass is 299 g/mol. The second kappa shape index (κ2) is 7.51. The molecule has 3 heterocycles. The lowest BCUT2D eigenvalue weighted by atomic mass is 10.1. The van der Waals surface area contributed by atoms with Crippen LogP contribution in [0.4, 0.5) is 0 Å². The smallest absolute Gasteiger partial charge is 0.0534 e. The molecule has 1 saturated heterocycles. The van der Waals surface area contributed by atoms with Gasteiger partial charge in [-0.1, -0.05) is 6.07 Å². The Bertz CT molecular complexity index is 559. The van der Waals surface area contributed by atoms with E-state index in [4.69, 9.17) is 0 Å². The summed E-state index contributed by atoms with van der Waals surface area (Å²) in [6.07, 6.45) is 9.23. The number of rotatable bonds is 7. The number of hydrogen-bond acceptors (Lipinski definition) is 4. The van der Waals surface area contributed by atoms with Gasteiger partial charge in [0.15, 0.2) is 0 Å². The van der Waals surface area contributed by atoms with Crippen molar-refractivity contribution in [2.45, 2.75) is 33.0 Å². The lowest BCUT2D eigenvalue weighted by Crippen LogP contribution is -2.29. The van der Waals surface area contributed by atoms with Crippen molar-refractivity contribution in [3.8, 4) is 0 Å². The summed E-state index contributed by atoms with van der Waals surface area (Å²) in [7, 11) is 0. The molecule has 118 valence electrons. The van der Waals surface area contributed by atoms with E-state index in [1.165, 1.54) is 17.5 Å². The van der Waals surface area contributed by atoms with Crippen LogP contribution in [0.25, 0.3) is 0 Å². The first-order valence-electron chi connectivity index (χ1n) is 8.17. The van der Waals surface area contributed by atoms with E-state index < -0.39 is 0 Å². The largest absolute Gasteiger partial charge is 0.316 e. The highest BCUT2D eigenvalue weighted by molar-refractivity contribution is 5.10. The first-order chi connectivity index (χ1) is 10.8. The number of aromatic nitrogens is 3. The molecular weight excluding hydrogens is 274 g/mol. The molecule has 1 N–H and O–H groups in total. The van der Waals surface area contributed by atoms with Gasteiger partial charge in [0, 0.05) is 50.3 Å². The molecule has 0 radical (unpaired) electrons. The van der Waals surface area contributed by atoms with Crippen LogP contribution in [0.2, 0.25) is 0 Å². The van der Waals surface area contributed by atoms with Crippen molar-refractivity contribution in [3.63, 3.8) is 0 Å². The summed E-state index contributed by atoms with van der Waals surface area (Å²) in [5.41, 5.74) is 2.56. The number of hydrogen-bond donors (Lipinski definition) is 1. The molecule has 0 saturated carbocycles. The number of nitrogens with one attached hydrogen (secondary N) is 1. The van der Waals surface area contributed by atoms with Crippen molar-refractivity contribution in [3.05, 3.63) is 48.0 Å². The Balaban J connectivity index is 1.67. The van der Waals surface area contributed by atoms with Gasteiger partial charge in [-0.25, -0.2) is 0 Å². The third-order valence-corrected chi connectivity index (χ3v) is 4.22. The Morgan fingerprint density at radius 1 is 1.32 bits per heavy atom. The van der Waals surface area contributed by atoms with Crippen molar-refractivity contribution in [1.29, 1.82) is 0 Å². The van der Waals surface area contributed by atoms with Crippen molar-refractivity contribution >= 4 is 0 Å². The molecular formula is C17H25N5. The number of pyridine rings is 1. The first kappa shape index (κ1) is 15.2. The molecule has 5 heteroatoms. The fraction of sp³-hybridized carbons (Fsp3) is 0.529. The maximum Gasteiger partial charge on any atom is 0.0534 e. The molecule has 0 aromatic carbocycles. The Hall–Kier alpha value is -1.72. The molecule has 1 fully saturated rings. The van der Waals surface area contributed by atoms with Gasteiger partial charge in [-0.3, -0.25) is 14.6 Å². The Kier molecular flexibility index (Phi) is 5.19. The van der Waals surface area contributed by atoms with E-state index in [1.54, 1.807) is 0 Å². The van der Waals surface area contributed by atoms with Crippen LogP contribution >= 0.6 is 0 Å². The third kappa shape index (κ3) is 4.15. The maximum absolute atomic E-state index is 4.39. The first-order valence-corrected chi connectivity index (χ1v) is 8.17. The summed E-state index contributed by atoms with van der Waals surface area (Å²) in [4.78, 5) is 6.76. The van der Waals surface area contributed by atoms with E-state index in [1.807, 2.05) is 29.3 Å². The number of aryl methyl sites for hydroxylation is 1. The molecule has 0 amide bonds. The number of nitrogens with zero attached hydrogens (tertiary/aromatic N) is 4. The molecule has 0 spiro atoms. The lowest BCUT2D eigenvalue weighted by molar-refractivity contribution is 0.220. The average Bonchev–Trinajstić information content (AvgIpc) is 3.20. The van der Waals surface area contributed by atoms with Crippen LogP contribution in [-0.2, 0) is 19.6 Å². The van der Waals surface area contributed by atoms with Crippen molar-refractivity contribution < 1.29 is 0 Å². The van der Waals surface area contributed by atoms with Gasteiger partial charge in [-0.15, -0.1) is 0 Å². The van der Waals surface area contributed by atoms with Crippen LogP contribution in [0.1, 0.15) is 24.5 Å². The van der Waals surface area contributed by atoms with Gasteiger partial charge < -0.3 is 5.32 Å². The van der Waals surface area contributed by atoms with Crippen LogP contribution in [-0.4, -0.2) is 39.3 Å². The van der Waals surface area contributed by atoms with Gasteiger partial charge in [0.2, 0.25) is 0 Å². The molecule has 1 aliphatic rings. The van der Waals surface area contributed by atoms with Crippen molar-refractivity contribution in [1.82, 2.24) is 25.0 Å². The molecule has 3 rings (SSSR count). The predicted octanol–water partition coefficient (Wildman–Crippen LogP) is 1.91. The summed E-state index contributed by atoms with van der Waals surface area (Å²) >= 11 is 0. The van der Waals surface area contributed by atoms with Crippen LogP contribution < -0.4 is 5.32 Å². The zero-order chi connectivity index (χ0) is 15.2. The summed E-state index contributed by atoms with van der Waals surface area (Å²) in [5.74, 6) is 0.748. The van der Waals surface area contributed by atoms with Gasteiger partial charge in [0.25, 0.3) is 0 Å². The normalized spacial score (nSPS) is 18.2. The zero-order valence-corrected chi connectivity index (χ0v) is 13.3. The van der Waals surface area contributed by atoms with Crippen LogP contribution in [0.3, 0.4) is 0 Å². The quantitative estimate of drug-likeness (QED) is 0.848. The van der Waals surface area contributed by atoms with Crippen LogP contribution in [0, 0.1) is 5.92 Å². The van der Waals surface area contributed by atoms with Gasteiger partial charge in [-0.2, -0.15) is 5.10 Å². The molecule has 2 aromatic rings. The zero-order valence-electron chi connectivity index (χ0n) is 13.3. The second-order valence-corrected chi connectivity index (χ2v) is 6.09. The fourth-order valence-corrected chi connectivity index (χ4v) is 3.09. The van der Waals surface area contributed by atoms with Crippen LogP contribution in [0.5, 0.6) is 0 Å². The van der Waals surface area contributed by atoms with E-state index in [0.29, 0.717) is 0 Å². The van der Waals surface area contributed by atoms with Gasteiger partial charge >= 0.3 is 0 Å². The van der Waals surface area contributed by atoms with Gasteiger partial charge in [0.1, 0.15) is 0 Å². The Morgan fingerprint density at radius 3 is 2.91 bits per heavy atom. The third-order valence-electron chi connectivity index (χ3n) is 4.22. The molecule has 2 aromatic heterocycles. The molecule has 0 aliphatic carbocycles. The highest BCUT2D eigenvalue weighted by atomic mass is 15.3. The second-order valence-electron chi connectivity index (χ2n) is 6.09. The van der Waals surface area contributed by atoms with Gasteiger partial charge in [-0.05, 0) is 44.0 Å². The van der Waals surface area contributed by atoms with Crippen molar-refractivity contribution in [2.24, 2.45) is 5.92 Å². The van der Waals surface area contributed by atoms with Gasteiger partial charge in [0.05, 0.1) is 6.20 Å². The van der Waals surface area contributed by atoms with Crippen LogP contribution in [0.15, 0.2) is 36.9 Å². The summed E-state index contributed by atoms with van der Waals surface area (Å²) < 4.78 is 1.99. The lowest BCUT2D eigenvalue weighted by Gasteiger charge is -2.24. The molecule has 0 bridgehead atoms. The topological polar surface area (TPSA) is 46.0 Å². The Morgan fingerprint density at radius 2 is 2.23 bits per heavy atom.